The fourth-order valence-corrected chi connectivity index (χ4v) is 5.00. The zero-order chi connectivity index (χ0) is 26.2. The van der Waals surface area contributed by atoms with Crippen molar-refractivity contribution in [1.82, 2.24) is 10.2 Å². The van der Waals surface area contributed by atoms with Gasteiger partial charge in [0.25, 0.3) is 0 Å². The summed E-state index contributed by atoms with van der Waals surface area (Å²) in [5, 5.41) is 2.87. The molecule has 0 spiro atoms. The number of hydrogen-bond acceptors (Lipinski definition) is 4. The minimum atomic E-state index is -3.52. The van der Waals surface area contributed by atoms with Gasteiger partial charge in [0.1, 0.15) is 6.04 Å². The summed E-state index contributed by atoms with van der Waals surface area (Å²) in [4.78, 5) is 27.6. The van der Waals surface area contributed by atoms with Crippen molar-refractivity contribution in [3.8, 4) is 0 Å². The van der Waals surface area contributed by atoms with Gasteiger partial charge >= 0.3 is 0 Å². The van der Waals surface area contributed by atoms with Crippen LogP contribution in [0.5, 0.6) is 0 Å². The van der Waals surface area contributed by atoms with E-state index < -0.39 is 16.1 Å². The normalized spacial score (nSPS) is 12.2. The number of benzene rings is 2. The summed E-state index contributed by atoms with van der Waals surface area (Å²) < 4.78 is 26.4. The fraction of sp³-hybridized carbons (Fsp3) is 0.481. The third kappa shape index (κ3) is 8.38. The molecule has 1 N–H and O–H groups in total. The number of hydrogen-bond donors (Lipinski definition) is 1. The lowest BCUT2D eigenvalue weighted by Crippen LogP contribution is -2.48. The van der Waals surface area contributed by atoms with Crippen LogP contribution in [0.15, 0.2) is 42.5 Å². The molecule has 1 atom stereocenters. The van der Waals surface area contributed by atoms with E-state index in [1.807, 2.05) is 70.2 Å². The molecule has 0 aliphatic rings. The molecule has 2 amide bonds. The lowest BCUT2D eigenvalue weighted by atomic mass is 10.1. The van der Waals surface area contributed by atoms with Crippen molar-refractivity contribution < 1.29 is 18.0 Å². The molecular weight excluding hydrogens is 462 g/mol. The van der Waals surface area contributed by atoms with Gasteiger partial charge in [0.2, 0.25) is 21.8 Å². The van der Waals surface area contributed by atoms with Crippen molar-refractivity contribution in [3.05, 3.63) is 64.7 Å². The third-order valence-corrected chi connectivity index (χ3v) is 7.16. The SMILES string of the molecule is CCCNC(=O)[C@@H](C)N(Cc1ccccc1C)C(=O)CCCN(c1cc(C)cc(C)c1)S(C)(=O)=O. The smallest absolute Gasteiger partial charge is 0.242 e. The molecule has 2 aromatic rings. The average molecular weight is 502 g/mol. The van der Waals surface area contributed by atoms with Crippen LogP contribution in [0.25, 0.3) is 0 Å². The van der Waals surface area contributed by atoms with Gasteiger partial charge in [0.05, 0.1) is 11.9 Å². The monoisotopic (exact) mass is 501 g/mol. The predicted octanol–water partition coefficient (Wildman–Crippen LogP) is 4.10. The Kier molecular flexibility index (Phi) is 10.3. The predicted molar refractivity (Wildman–Crippen MR) is 142 cm³/mol. The number of nitrogens with one attached hydrogen (secondary N) is 1. The summed E-state index contributed by atoms with van der Waals surface area (Å²) in [5.41, 5.74) is 4.57. The lowest BCUT2D eigenvalue weighted by molar-refractivity contribution is -0.140. The highest BCUT2D eigenvalue weighted by atomic mass is 32.2. The molecule has 0 saturated carbocycles. The number of carbonyl (C=O) groups excluding carboxylic acids is 2. The number of amides is 2. The standard InChI is InChI=1S/C27H39N3O4S/c1-7-14-28-27(32)23(5)29(19-24-12-9-8-11-22(24)4)26(31)13-10-15-30(35(6,33)34)25-17-20(2)16-21(3)18-25/h8-9,11-12,16-18,23H,7,10,13-15,19H2,1-6H3,(H,28,32)/t23-/m1/s1. The molecule has 8 heteroatoms. The van der Waals surface area contributed by atoms with E-state index in [9.17, 15) is 18.0 Å². The van der Waals surface area contributed by atoms with Gasteiger partial charge in [-0.3, -0.25) is 13.9 Å². The molecule has 2 rings (SSSR count). The maximum absolute atomic E-state index is 13.3. The molecule has 0 radical (unpaired) electrons. The van der Waals surface area contributed by atoms with Crippen molar-refractivity contribution in [2.45, 2.75) is 66.5 Å². The summed E-state index contributed by atoms with van der Waals surface area (Å²) in [6.45, 7) is 10.6. The van der Waals surface area contributed by atoms with Crippen LogP contribution in [0, 0.1) is 20.8 Å². The summed E-state index contributed by atoms with van der Waals surface area (Å²) >= 11 is 0. The van der Waals surface area contributed by atoms with Gasteiger partial charge in [-0.2, -0.15) is 0 Å². The zero-order valence-corrected chi connectivity index (χ0v) is 22.6. The molecule has 0 saturated heterocycles. The minimum Gasteiger partial charge on any atom is -0.354 e. The van der Waals surface area contributed by atoms with E-state index in [1.165, 1.54) is 10.6 Å². The maximum atomic E-state index is 13.3. The first kappa shape index (κ1) is 28.4. The van der Waals surface area contributed by atoms with Gasteiger partial charge in [-0.25, -0.2) is 8.42 Å². The van der Waals surface area contributed by atoms with Crippen LogP contribution in [0.1, 0.15) is 55.4 Å². The first-order valence-corrected chi connectivity index (χ1v) is 14.0. The van der Waals surface area contributed by atoms with Gasteiger partial charge in [-0.1, -0.05) is 37.3 Å². The summed E-state index contributed by atoms with van der Waals surface area (Å²) in [5.74, 6) is -0.372. The van der Waals surface area contributed by atoms with E-state index in [0.29, 0.717) is 25.2 Å². The summed E-state index contributed by atoms with van der Waals surface area (Å²) in [7, 11) is -3.52. The molecule has 0 unspecified atom stereocenters. The number of anilines is 1. The van der Waals surface area contributed by atoms with E-state index in [-0.39, 0.29) is 24.8 Å². The second-order valence-corrected chi connectivity index (χ2v) is 11.1. The number of sulfonamides is 1. The Morgan fingerprint density at radius 2 is 1.66 bits per heavy atom. The van der Waals surface area contributed by atoms with Crippen LogP contribution in [-0.2, 0) is 26.2 Å². The minimum absolute atomic E-state index is 0.133. The van der Waals surface area contributed by atoms with E-state index in [1.54, 1.807) is 11.8 Å². The molecule has 0 bridgehead atoms. The number of rotatable bonds is 12. The quantitative estimate of drug-likeness (QED) is 0.474. The van der Waals surface area contributed by atoms with Gasteiger partial charge in [-0.05, 0) is 74.9 Å². The van der Waals surface area contributed by atoms with Crippen LogP contribution in [0.3, 0.4) is 0 Å². The number of carbonyl (C=O) groups is 2. The zero-order valence-electron chi connectivity index (χ0n) is 21.8. The molecule has 2 aromatic carbocycles. The first-order chi connectivity index (χ1) is 16.4. The van der Waals surface area contributed by atoms with E-state index in [0.717, 1.165) is 28.7 Å². The van der Waals surface area contributed by atoms with Gasteiger partial charge in [-0.15, -0.1) is 0 Å². The lowest BCUT2D eigenvalue weighted by Gasteiger charge is -2.30. The van der Waals surface area contributed by atoms with Crippen LogP contribution < -0.4 is 9.62 Å². The largest absolute Gasteiger partial charge is 0.354 e. The molecule has 35 heavy (non-hydrogen) atoms. The van der Waals surface area contributed by atoms with Crippen molar-refractivity contribution in [2.75, 3.05) is 23.7 Å². The first-order valence-electron chi connectivity index (χ1n) is 12.1. The summed E-state index contributed by atoms with van der Waals surface area (Å²) in [6, 6.07) is 12.8. The Bertz CT molecular complexity index is 1110. The van der Waals surface area contributed by atoms with Crippen LogP contribution >= 0.6 is 0 Å². The Labute approximate surface area is 210 Å². The topological polar surface area (TPSA) is 86.8 Å². The van der Waals surface area contributed by atoms with Crippen molar-refractivity contribution in [1.29, 1.82) is 0 Å². The molecule has 192 valence electrons. The van der Waals surface area contributed by atoms with Crippen LogP contribution in [-0.4, -0.2) is 50.5 Å². The Hall–Kier alpha value is -2.87. The van der Waals surface area contributed by atoms with Crippen LogP contribution in [0.2, 0.25) is 0 Å². The highest BCUT2D eigenvalue weighted by Gasteiger charge is 2.27. The maximum Gasteiger partial charge on any atom is 0.242 e. The van der Waals surface area contributed by atoms with Crippen molar-refractivity contribution >= 4 is 27.5 Å². The number of aryl methyl sites for hydroxylation is 3. The average Bonchev–Trinajstić information content (AvgIpc) is 2.77. The van der Waals surface area contributed by atoms with E-state index in [2.05, 4.69) is 5.32 Å². The Morgan fingerprint density at radius 3 is 2.23 bits per heavy atom. The molecule has 0 aliphatic carbocycles. The Balaban J connectivity index is 2.19. The second-order valence-electron chi connectivity index (χ2n) is 9.20. The molecule has 0 aromatic heterocycles. The van der Waals surface area contributed by atoms with Crippen molar-refractivity contribution in [2.24, 2.45) is 0 Å². The van der Waals surface area contributed by atoms with Gasteiger partial charge < -0.3 is 10.2 Å². The number of nitrogens with zero attached hydrogens (tertiary/aromatic N) is 2. The van der Waals surface area contributed by atoms with Crippen LogP contribution in [0.4, 0.5) is 5.69 Å². The van der Waals surface area contributed by atoms with Gasteiger partial charge in [0.15, 0.2) is 0 Å². The van der Waals surface area contributed by atoms with E-state index in [4.69, 9.17) is 0 Å². The van der Waals surface area contributed by atoms with Gasteiger partial charge in [0, 0.05) is 26.1 Å². The molecule has 0 fully saturated rings. The second kappa shape index (κ2) is 12.7. The molecule has 7 nitrogen and oxygen atoms in total. The fourth-order valence-electron chi connectivity index (χ4n) is 4.05. The highest BCUT2D eigenvalue weighted by Crippen LogP contribution is 2.22. The Morgan fingerprint density at radius 1 is 1.03 bits per heavy atom. The molecular formula is C27H39N3O4S. The van der Waals surface area contributed by atoms with E-state index >= 15 is 0 Å². The molecule has 0 heterocycles. The molecule has 0 aliphatic heterocycles. The summed E-state index contributed by atoms with van der Waals surface area (Å²) in [6.07, 6.45) is 2.46. The highest BCUT2D eigenvalue weighted by molar-refractivity contribution is 7.92. The van der Waals surface area contributed by atoms with Crippen molar-refractivity contribution in [3.63, 3.8) is 0 Å². The third-order valence-electron chi connectivity index (χ3n) is 5.97.